The van der Waals surface area contributed by atoms with Crippen LogP contribution in [0.15, 0.2) is 93.3 Å². The molecule has 0 saturated heterocycles. The average Bonchev–Trinajstić information content (AvgIpc) is 2.94. The van der Waals surface area contributed by atoms with Crippen molar-refractivity contribution in [3.05, 3.63) is 88.5 Å². The van der Waals surface area contributed by atoms with E-state index in [2.05, 4.69) is 31.9 Å². The van der Waals surface area contributed by atoms with E-state index in [0.29, 0.717) is 40.6 Å². The van der Waals surface area contributed by atoms with E-state index in [0.717, 1.165) is 17.8 Å². The molecule has 0 amide bonds. The largest absolute Gasteiger partial charge is 0.494 e. The fraction of sp³-hybridized carbons (Fsp3) is 0.250. The molecule has 0 spiro atoms. The molecule has 0 aliphatic heterocycles. The number of rotatable bonds is 12. The molecule has 0 bridgehead atoms. The predicted octanol–water partition coefficient (Wildman–Crippen LogP) is 7.69. The zero-order valence-corrected chi connectivity index (χ0v) is 22.3. The number of nitro groups is 1. The first-order valence-corrected chi connectivity index (χ1v) is 12.2. The Morgan fingerprint density at radius 3 is 2.10 bits per heavy atom. The third kappa shape index (κ3) is 8.03. The quantitative estimate of drug-likeness (QED) is 0.0775. The van der Waals surface area contributed by atoms with E-state index in [9.17, 15) is 14.9 Å². The van der Waals surface area contributed by atoms with Gasteiger partial charge in [-0.25, -0.2) is 4.79 Å². The van der Waals surface area contributed by atoms with Crippen molar-refractivity contribution in [2.24, 2.45) is 20.5 Å². The van der Waals surface area contributed by atoms with Gasteiger partial charge in [-0.15, -0.1) is 5.11 Å². The lowest BCUT2D eigenvalue weighted by molar-refractivity contribution is -0.384. The predicted molar refractivity (Wildman–Crippen MR) is 149 cm³/mol. The summed E-state index contributed by atoms with van der Waals surface area (Å²) in [5.74, 6) is 0.0656. The summed E-state index contributed by atoms with van der Waals surface area (Å²) in [6, 6.07) is 16.9. The number of azo groups is 2. The highest BCUT2D eigenvalue weighted by atomic mass is 16.6. The van der Waals surface area contributed by atoms with Crippen molar-refractivity contribution in [1.82, 2.24) is 0 Å². The van der Waals surface area contributed by atoms with E-state index in [1.165, 1.54) is 31.4 Å². The molecule has 39 heavy (non-hydrogen) atoms. The van der Waals surface area contributed by atoms with E-state index < -0.39 is 10.9 Å². The lowest BCUT2D eigenvalue weighted by Gasteiger charge is -2.22. The minimum atomic E-state index is -0.470. The SMILES string of the molecule is C=C(C)C(=O)OCCN(CC)c1ccc(/N=N/c2cc(OC)c(/N=N/c3ccc([N+](=O)[O-])cc3)cc2C)cc1. The Balaban J connectivity index is 1.69. The van der Waals surface area contributed by atoms with Gasteiger partial charge in [0.2, 0.25) is 0 Å². The van der Waals surface area contributed by atoms with Crippen LogP contribution in [0.3, 0.4) is 0 Å². The Morgan fingerprint density at radius 1 is 0.974 bits per heavy atom. The molecule has 3 aromatic rings. The van der Waals surface area contributed by atoms with Crippen LogP contribution < -0.4 is 9.64 Å². The first-order chi connectivity index (χ1) is 18.7. The molecule has 0 N–H and O–H groups in total. The van der Waals surface area contributed by atoms with Crippen LogP contribution >= 0.6 is 0 Å². The lowest BCUT2D eigenvalue weighted by Crippen LogP contribution is -2.28. The van der Waals surface area contributed by atoms with Gasteiger partial charge in [0.25, 0.3) is 5.69 Å². The van der Waals surface area contributed by atoms with Gasteiger partial charge in [0, 0.05) is 36.0 Å². The number of carbonyl (C=O) groups excluding carboxylic acids is 1. The lowest BCUT2D eigenvalue weighted by atomic mass is 10.1. The van der Waals surface area contributed by atoms with Gasteiger partial charge in [0.15, 0.2) is 0 Å². The van der Waals surface area contributed by atoms with Crippen LogP contribution in [0.25, 0.3) is 0 Å². The van der Waals surface area contributed by atoms with Crippen LogP contribution in [-0.4, -0.2) is 37.7 Å². The van der Waals surface area contributed by atoms with Crippen LogP contribution in [-0.2, 0) is 9.53 Å². The number of benzene rings is 3. The summed E-state index contributed by atoms with van der Waals surface area (Å²) >= 11 is 0. The van der Waals surface area contributed by atoms with Crippen molar-refractivity contribution >= 4 is 40.1 Å². The van der Waals surface area contributed by atoms with E-state index >= 15 is 0 Å². The third-order valence-electron chi connectivity index (χ3n) is 5.64. The molecule has 0 aliphatic carbocycles. The molecular weight excluding hydrogens is 500 g/mol. The molecule has 0 aromatic heterocycles. The number of anilines is 1. The van der Waals surface area contributed by atoms with Gasteiger partial charge in [-0.2, -0.15) is 15.3 Å². The number of hydrogen-bond donors (Lipinski definition) is 0. The molecule has 3 aromatic carbocycles. The standard InChI is InChI=1S/C28H30N6O5/c1-6-33(15-16-39-28(35)19(2)3)23-11-7-21(8-12-23)29-31-25-18-27(38-5)26(17-20(25)4)32-30-22-9-13-24(14-10-22)34(36)37/h7-14,17-18H,2,6,15-16H2,1,3-5H3/b31-29+,32-30+. The average molecular weight is 531 g/mol. The highest BCUT2D eigenvalue weighted by molar-refractivity contribution is 5.86. The fourth-order valence-corrected chi connectivity index (χ4v) is 3.45. The second-order valence-electron chi connectivity index (χ2n) is 8.50. The molecule has 3 rings (SSSR count). The summed E-state index contributed by atoms with van der Waals surface area (Å²) < 4.78 is 10.7. The minimum Gasteiger partial charge on any atom is -0.494 e. The van der Waals surface area contributed by atoms with Crippen LogP contribution in [0.2, 0.25) is 0 Å². The molecule has 0 fully saturated rings. The summed E-state index contributed by atoms with van der Waals surface area (Å²) in [5.41, 5.74) is 4.40. The summed E-state index contributed by atoms with van der Waals surface area (Å²) in [5, 5.41) is 27.9. The minimum absolute atomic E-state index is 0.0176. The summed E-state index contributed by atoms with van der Waals surface area (Å²) in [6.07, 6.45) is 0. The van der Waals surface area contributed by atoms with E-state index in [1.807, 2.05) is 38.1 Å². The maximum absolute atomic E-state index is 11.6. The summed E-state index contributed by atoms with van der Waals surface area (Å²) in [4.78, 5) is 24.0. The normalized spacial score (nSPS) is 11.1. The Kier molecular flexibility index (Phi) is 9.96. The Morgan fingerprint density at radius 2 is 1.56 bits per heavy atom. The van der Waals surface area contributed by atoms with Crippen LogP contribution in [0.4, 0.5) is 34.1 Å². The number of hydrogen-bond acceptors (Lipinski definition) is 10. The van der Waals surface area contributed by atoms with Gasteiger partial charge in [0.05, 0.1) is 35.6 Å². The molecule has 11 heteroatoms. The van der Waals surface area contributed by atoms with E-state index in [1.54, 1.807) is 19.1 Å². The molecule has 11 nitrogen and oxygen atoms in total. The summed E-state index contributed by atoms with van der Waals surface area (Å²) in [7, 11) is 1.52. The Labute approximate surface area is 226 Å². The van der Waals surface area contributed by atoms with Gasteiger partial charge >= 0.3 is 5.97 Å². The molecule has 0 heterocycles. The van der Waals surface area contributed by atoms with Crippen molar-refractivity contribution < 1.29 is 19.2 Å². The van der Waals surface area contributed by atoms with Gasteiger partial charge < -0.3 is 14.4 Å². The van der Waals surface area contributed by atoms with Crippen molar-refractivity contribution in [3.63, 3.8) is 0 Å². The van der Waals surface area contributed by atoms with E-state index in [-0.39, 0.29) is 12.3 Å². The fourth-order valence-electron chi connectivity index (χ4n) is 3.45. The number of ether oxygens (including phenoxy) is 2. The molecule has 0 saturated carbocycles. The smallest absolute Gasteiger partial charge is 0.333 e. The summed E-state index contributed by atoms with van der Waals surface area (Å²) in [6.45, 7) is 10.7. The molecule has 0 radical (unpaired) electrons. The monoisotopic (exact) mass is 530 g/mol. The molecule has 0 aliphatic rings. The molecule has 0 unspecified atom stereocenters. The molecule has 0 atom stereocenters. The zero-order valence-electron chi connectivity index (χ0n) is 22.3. The molecular formula is C28H30N6O5. The second kappa shape index (κ2) is 13.6. The topological polar surface area (TPSA) is 131 Å². The van der Waals surface area contributed by atoms with Crippen LogP contribution in [0.5, 0.6) is 5.75 Å². The number of esters is 1. The number of non-ortho nitro benzene ring substituents is 1. The maximum Gasteiger partial charge on any atom is 0.333 e. The highest BCUT2D eigenvalue weighted by Crippen LogP contribution is 2.36. The van der Waals surface area contributed by atoms with Crippen LogP contribution in [0.1, 0.15) is 19.4 Å². The number of nitrogens with zero attached hydrogens (tertiary/aromatic N) is 6. The zero-order chi connectivity index (χ0) is 28.4. The first kappa shape index (κ1) is 28.6. The van der Waals surface area contributed by atoms with Gasteiger partial charge in [-0.05, 0) is 68.8 Å². The first-order valence-electron chi connectivity index (χ1n) is 12.2. The second-order valence-corrected chi connectivity index (χ2v) is 8.50. The number of methoxy groups -OCH3 is 1. The number of carbonyl (C=O) groups is 1. The van der Waals surface area contributed by atoms with Crippen molar-refractivity contribution in [1.29, 1.82) is 0 Å². The number of aryl methyl sites for hydroxylation is 1. The van der Waals surface area contributed by atoms with Gasteiger partial charge in [-0.1, -0.05) is 6.58 Å². The van der Waals surface area contributed by atoms with Crippen molar-refractivity contribution in [2.75, 3.05) is 31.7 Å². The maximum atomic E-state index is 11.6. The van der Waals surface area contributed by atoms with Gasteiger partial charge in [0.1, 0.15) is 18.0 Å². The Bertz CT molecular complexity index is 1380. The van der Waals surface area contributed by atoms with Crippen LogP contribution in [0, 0.1) is 17.0 Å². The van der Waals surface area contributed by atoms with Crippen molar-refractivity contribution in [2.45, 2.75) is 20.8 Å². The Hall–Kier alpha value is -4.93. The van der Waals surface area contributed by atoms with Gasteiger partial charge in [-0.3, -0.25) is 10.1 Å². The van der Waals surface area contributed by atoms with Crippen molar-refractivity contribution in [3.8, 4) is 5.75 Å². The molecule has 202 valence electrons. The number of nitro benzene ring substituents is 1. The number of likely N-dealkylation sites (N-methyl/N-ethyl adjacent to an activating group) is 1. The van der Waals surface area contributed by atoms with E-state index in [4.69, 9.17) is 9.47 Å². The third-order valence-corrected chi connectivity index (χ3v) is 5.64. The highest BCUT2D eigenvalue weighted by Gasteiger charge is 2.10.